The van der Waals surface area contributed by atoms with E-state index in [2.05, 4.69) is 9.97 Å². The van der Waals surface area contributed by atoms with Gasteiger partial charge >= 0.3 is 0 Å². The van der Waals surface area contributed by atoms with E-state index >= 15 is 0 Å². The number of methoxy groups -OCH3 is 1. The van der Waals surface area contributed by atoms with Crippen LogP contribution >= 0.6 is 0 Å². The first-order valence-electron chi connectivity index (χ1n) is 6.99. The maximum absolute atomic E-state index is 5.76. The van der Waals surface area contributed by atoms with E-state index in [9.17, 15) is 0 Å². The minimum absolute atomic E-state index is 0.550. The van der Waals surface area contributed by atoms with E-state index in [1.54, 1.807) is 19.4 Å². The lowest BCUT2D eigenvalue weighted by molar-refractivity contribution is 0.306. The van der Waals surface area contributed by atoms with Gasteiger partial charge in [-0.1, -0.05) is 30.3 Å². The fraction of sp³-hybridized carbons (Fsp3) is 0.111. The van der Waals surface area contributed by atoms with Gasteiger partial charge in [-0.15, -0.1) is 0 Å². The van der Waals surface area contributed by atoms with Gasteiger partial charge < -0.3 is 9.47 Å². The van der Waals surface area contributed by atoms with E-state index in [1.807, 2.05) is 54.6 Å². The summed E-state index contributed by atoms with van der Waals surface area (Å²) >= 11 is 0. The molecule has 0 radical (unpaired) electrons. The third kappa shape index (κ3) is 3.41. The highest BCUT2D eigenvalue weighted by molar-refractivity contribution is 5.56. The van der Waals surface area contributed by atoms with Gasteiger partial charge in [-0.05, 0) is 29.8 Å². The average molecular weight is 292 g/mol. The van der Waals surface area contributed by atoms with Crippen LogP contribution in [0, 0.1) is 0 Å². The van der Waals surface area contributed by atoms with E-state index in [4.69, 9.17) is 9.47 Å². The number of hydrogen-bond donors (Lipinski definition) is 0. The van der Waals surface area contributed by atoms with E-state index in [0.29, 0.717) is 18.3 Å². The SMILES string of the molecule is COc1ccnc(-c2ccc(OCc3ccccc3)cc2)n1. The third-order valence-electron chi connectivity index (χ3n) is 3.20. The summed E-state index contributed by atoms with van der Waals surface area (Å²) in [7, 11) is 1.59. The molecule has 4 nitrogen and oxygen atoms in total. The van der Waals surface area contributed by atoms with Crippen LogP contribution in [0.3, 0.4) is 0 Å². The Morgan fingerprint density at radius 3 is 2.41 bits per heavy atom. The number of benzene rings is 2. The Labute approximate surface area is 129 Å². The molecule has 0 N–H and O–H groups in total. The van der Waals surface area contributed by atoms with Crippen LogP contribution in [0.25, 0.3) is 11.4 Å². The van der Waals surface area contributed by atoms with Gasteiger partial charge in [0.2, 0.25) is 5.88 Å². The summed E-state index contributed by atoms with van der Waals surface area (Å²) in [5.74, 6) is 2.00. The Bertz CT molecular complexity index is 728. The van der Waals surface area contributed by atoms with Crippen molar-refractivity contribution in [1.29, 1.82) is 0 Å². The lowest BCUT2D eigenvalue weighted by Gasteiger charge is -2.07. The molecule has 0 unspecified atom stereocenters. The second-order valence-corrected chi connectivity index (χ2v) is 4.72. The van der Waals surface area contributed by atoms with E-state index in [-0.39, 0.29) is 0 Å². The highest BCUT2D eigenvalue weighted by atomic mass is 16.5. The number of nitrogens with zero attached hydrogens (tertiary/aromatic N) is 2. The summed E-state index contributed by atoms with van der Waals surface area (Å²) in [4.78, 5) is 8.56. The van der Waals surface area contributed by atoms with Crippen LogP contribution in [0.5, 0.6) is 11.6 Å². The minimum Gasteiger partial charge on any atom is -0.489 e. The molecule has 0 aliphatic carbocycles. The molecule has 0 aliphatic heterocycles. The lowest BCUT2D eigenvalue weighted by atomic mass is 10.2. The maximum Gasteiger partial charge on any atom is 0.216 e. The predicted molar refractivity (Wildman–Crippen MR) is 84.8 cm³/mol. The molecule has 3 aromatic rings. The molecule has 22 heavy (non-hydrogen) atoms. The van der Waals surface area contributed by atoms with Gasteiger partial charge in [-0.2, -0.15) is 4.98 Å². The van der Waals surface area contributed by atoms with Crippen LogP contribution in [-0.2, 0) is 6.61 Å². The van der Waals surface area contributed by atoms with Gasteiger partial charge in [0.1, 0.15) is 12.4 Å². The molecule has 2 aromatic carbocycles. The van der Waals surface area contributed by atoms with Crippen molar-refractivity contribution in [1.82, 2.24) is 9.97 Å². The monoisotopic (exact) mass is 292 g/mol. The summed E-state index contributed by atoms with van der Waals surface area (Å²) < 4.78 is 10.9. The summed E-state index contributed by atoms with van der Waals surface area (Å²) in [6.07, 6.45) is 1.68. The Hall–Kier alpha value is -2.88. The van der Waals surface area contributed by atoms with Crippen molar-refractivity contribution in [3.05, 3.63) is 72.4 Å². The highest BCUT2D eigenvalue weighted by Gasteiger charge is 2.03. The van der Waals surface area contributed by atoms with Gasteiger partial charge in [0.25, 0.3) is 0 Å². The van der Waals surface area contributed by atoms with E-state index in [1.165, 1.54) is 0 Å². The van der Waals surface area contributed by atoms with Crippen molar-refractivity contribution in [2.45, 2.75) is 6.61 Å². The van der Waals surface area contributed by atoms with E-state index in [0.717, 1.165) is 16.9 Å². The molecule has 110 valence electrons. The average Bonchev–Trinajstić information content (AvgIpc) is 2.61. The number of aromatic nitrogens is 2. The van der Waals surface area contributed by atoms with Gasteiger partial charge in [-0.3, -0.25) is 0 Å². The van der Waals surface area contributed by atoms with E-state index < -0.39 is 0 Å². The summed E-state index contributed by atoms with van der Waals surface area (Å²) in [6.45, 7) is 0.551. The summed E-state index contributed by atoms with van der Waals surface area (Å²) in [5.41, 5.74) is 2.06. The second-order valence-electron chi connectivity index (χ2n) is 4.72. The molecular weight excluding hydrogens is 276 g/mol. The maximum atomic E-state index is 5.76. The molecule has 0 spiro atoms. The fourth-order valence-electron chi connectivity index (χ4n) is 2.04. The zero-order valence-corrected chi connectivity index (χ0v) is 12.3. The Kier molecular flexibility index (Phi) is 4.30. The van der Waals surface area contributed by atoms with Crippen molar-refractivity contribution in [2.24, 2.45) is 0 Å². The molecule has 1 aromatic heterocycles. The molecule has 3 rings (SSSR count). The highest BCUT2D eigenvalue weighted by Crippen LogP contribution is 2.21. The van der Waals surface area contributed by atoms with Crippen LogP contribution < -0.4 is 9.47 Å². The molecule has 4 heteroatoms. The smallest absolute Gasteiger partial charge is 0.216 e. The van der Waals surface area contributed by atoms with Gasteiger partial charge in [-0.25, -0.2) is 4.98 Å². The van der Waals surface area contributed by atoms with Crippen molar-refractivity contribution < 1.29 is 9.47 Å². The molecule has 0 amide bonds. The van der Waals surface area contributed by atoms with Crippen LogP contribution in [0.2, 0.25) is 0 Å². The van der Waals surface area contributed by atoms with Crippen LogP contribution in [-0.4, -0.2) is 17.1 Å². The molecule has 0 saturated carbocycles. The number of ether oxygens (including phenoxy) is 2. The Balaban J connectivity index is 1.69. The Morgan fingerprint density at radius 1 is 0.909 bits per heavy atom. The quantitative estimate of drug-likeness (QED) is 0.718. The zero-order chi connectivity index (χ0) is 15.2. The van der Waals surface area contributed by atoms with Gasteiger partial charge in [0.15, 0.2) is 5.82 Å². The van der Waals surface area contributed by atoms with Crippen LogP contribution in [0.1, 0.15) is 5.56 Å². The van der Waals surface area contributed by atoms with Crippen LogP contribution in [0.4, 0.5) is 0 Å². The van der Waals surface area contributed by atoms with Crippen molar-refractivity contribution in [2.75, 3.05) is 7.11 Å². The van der Waals surface area contributed by atoms with Crippen molar-refractivity contribution >= 4 is 0 Å². The Morgan fingerprint density at radius 2 is 1.68 bits per heavy atom. The van der Waals surface area contributed by atoms with Gasteiger partial charge in [0.05, 0.1) is 7.11 Å². The fourth-order valence-corrected chi connectivity index (χ4v) is 2.04. The second kappa shape index (κ2) is 6.72. The minimum atomic E-state index is 0.550. The first-order valence-corrected chi connectivity index (χ1v) is 6.99. The topological polar surface area (TPSA) is 44.2 Å². The molecule has 1 heterocycles. The van der Waals surface area contributed by atoms with Gasteiger partial charge in [0, 0.05) is 17.8 Å². The van der Waals surface area contributed by atoms with Crippen LogP contribution in [0.15, 0.2) is 66.9 Å². The van der Waals surface area contributed by atoms with Crippen molar-refractivity contribution in [3.63, 3.8) is 0 Å². The molecule has 0 aliphatic rings. The first-order chi connectivity index (χ1) is 10.8. The number of rotatable bonds is 5. The largest absolute Gasteiger partial charge is 0.489 e. The standard InChI is InChI=1S/C18H16N2O2/c1-21-17-11-12-19-18(20-17)15-7-9-16(10-8-15)22-13-14-5-3-2-4-6-14/h2-12H,13H2,1H3. The molecule has 0 saturated heterocycles. The zero-order valence-electron chi connectivity index (χ0n) is 12.3. The summed E-state index contributed by atoms with van der Waals surface area (Å²) in [6, 6.07) is 19.5. The van der Waals surface area contributed by atoms with Crippen molar-refractivity contribution in [3.8, 4) is 23.0 Å². The molecule has 0 bridgehead atoms. The normalized spacial score (nSPS) is 10.2. The number of hydrogen-bond acceptors (Lipinski definition) is 4. The molecule has 0 fully saturated rings. The summed E-state index contributed by atoms with van der Waals surface area (Å²) in [5, 5.41) is 0. The molecular formula is C18H16N2O2. The third-order valence-corrected chi connectivity index (χ3v) is 3.20. The molecule has 0 atom stereocenters. The predicted octanol–water partition coefficient (Wildman–Crippen LogP) is 3.73. The lowest BCUT2D eigenvalue weighted by Crippen LogP contribution is -1.95. The first kappa shape index (κ1) is 14.1.